The number of nitrogens with one attached hydrogen (secondary N) is 1. The Bertz CT molecular complexity index is 962. The molecular formula is C18H19N3O3S. The average molecular weight is 357 g/mol. The minimum absolute atomic E-state index is 0.0468. The van der Waals surface area contributed by atoms with Gasteiger partial charge in [0.05, 0.1) is 18.3 Å². The van der Waals surface area contributed by atoms with E-state index in [0.717, 1.165) is 16.7 Å². The molecule has 1 N–H and O–H groups in total. The van der Waals surface area contributed by atoms with Gasteiger partial charge in [-0.25, -0.2) is 4.98 Å². The van der Waals surface area contributed by atoms with Gasteiger partial charge in [-0.15, -0.1) is 11.3 Å². The highest BCUT2D eigenvalue weighted by Crippen LogP contribution is 2.19. The van der Waals surface area contributed by atoms with Gasteiger partial charge in [-0.1, -0.05) is 24.3 Å². The van der Waals surface area contributed by atoms with Crippen molar-refractivity contribution in [3.8, 4) is 0 Å². The molecule has 130 valence electrons. The molecule has 2 heterocycles. The van der Waals surface area contributed by atoms with E-state index < -0.39 is 0 Å². The number of nitrogens with zero attached hydrogens (tertiary/aromatic N) is 2. The van der Waals surface area contributed by atoms with E-state index in [4.69, 9.17) is 4.74 Å². The summed E-state index contributed by atoms with van der Waals surface area (Å²) in [5.74, 6) is -0.228. The summed E-state index contributed by atoms with van der Waals surface area (Å²) in [6.45, 7) is 2.76. The number of carbonyl (C=O) groups is 1. The van der Waals surface area contributed by atoms with Gasteiger partial charge in [0.2, 0.25) is 5.91 Å². The first kappa shape index (κ1) is 17.3. The molecule has 0 aliphatic heterocycles. The number of methoxy groups -OCH3 is 1. The first-order valence-corrected chi connectivity index (χ1v) is 8.73. The highest BCUT2D eigenvalue weighted by molar-refractivity contribution is 7.16. The van der Waals surface area contributed by atoms with Crippen molar-refractivity contribution in [2.45, 2.75) is 26.6 Å². The maximum atomic E-state index is 12.5. The van der Waals surface area contributed by atoms with Crippen LogP contribution in [0, 0.1) is 6.92 Å². The Balaban J connectivity index is 1.67. The molecule has 2 aromatic heterocycles. The Morgan fingerprint density at radius 1 is 1.36 bits per heavy atom. The summed E-state index contributed by atoms with van der Waals surface area (Å²) in [4.78, 5) is 29.6. The second kappa shape index (κ2) is 7.58. The molecule has 6 nitrogen and oxygen atoms in total. The van der Waals surface area contributed by atoms with Crippen LogP contribution in [0.3, 0.4) is 0 Å². The van der Waals surface area contributed by atoms with Crippen molar-refractivity contribution < 1.29 is 9.53 Å². The number of ether oxygens (including phenoxy) is 1. The van der Waals surface area contributed by atoms with Gasteiger partial charge < -0.3 is 10.1 Å². The van der Waals surface area contributed by atoms with Crippen molar-refractivity contribution in [3.63, 3.8) is 0 Å². The smallest absolute Gasteiger partial charge is 0.262 e. The van der Waals surface area contributed by atoms with Crippen LogP contribution in [0.5, 0.6) is 0 Å². The molecule has 7 heteroatoms. The van der Waals surface area contributed by atoms with Crippen molar-refractivity contribution in [1.29, 1.82) is 0 Å². The van der Waals surface area contributed by atoms with Gasteiger partial charge in [-0.05, 0) is 29.0 Å². The zero-order valence-electron chi connectivity index (χ0n) is 14.1. The Labute approximate surface area is 149 Å². The van der Waals surface area contributed by atoms with E-state index in [2.05, 4.69) is 10.3 Å². The first-order valence-electron chi connectivity index (χ1n) is 7.85. The van der Waals surface area contributed by atoms with Crippen LogP contribution in [0.2, 0.25) is 0 Å². The summed E-state index contributed by atoms with van der Waals surface area (Å²) in [6, 6.07) is 7.82. The molecule has 0 aliphatic carbocycles. The fourth-order valence-corrected chi connectivity index (χ4v) is 3.50. The third kappa shape index (κ3) is 3.94. The quantitative estimate of drug-likeness (QED) is 0.734. The second-order valence-electron chi connectivity index (χ2n) is 5.81. The Morgan fingerprint density at radius 3 is 2.96 bits per heavy atom. The van der Waals surface area contributed by atoms with Crippen LogP contribution in [0.25, 0.3) is 10.2 Å². The van der Waals surface area contributed by atoms with E-state index >= 15 is 0 Å². The molecular weight excluding hydrogens is 338 g/mol. The molecule has 0 spiro atoms. The molecule has 0 fully saturated rings. The van der Waals surface area contributed by atoms with Gasteiger partial charge in [-0.3, -0.25) is 14.2 Å². The van der Waals surface area contributed by atoms with Crippen LogP contribution in [0.4, 0.5) is 0 Å². The van der Waals surface area contributed by atoms with E-state index in [0.29, 0.717) is 23.4 Å². The third-order valence-corrected chi connectivity index (χ3v) is 4.85. The summed E-state index contributed by atoms with van der Waals surface area (Å²) >= 11 is 1.43. The number of hydrogen-bond donors (Lipinski definition) is 1. The minimum Gasteiger partial charge on any atom is -0.380 e. The molecule has 1 aromatic carbocycles. The lowest BCUT2D eigenvalue weighted by Gasteiger charge is -2.08. The first-order chi connectivity index (χ1) is 12.1. The Kier molecular flexibility index (Phi) is 5.25. The molecule has 1 amide bonds. The van der Waals surface area contributed by atoms with Crippen LogP contribution in [-0.2, 0) is 29.2 Å². The van der Waals surface area contributed by atoms with Gasteiger partial charge in [0.25, 0.3) is 5.56 Å². The van der Waals surface area contributed by atoms with Crippen molar-refractivity contribution in [2.24, 2.45) is 0 Å². The normalized spacial score (nSPS) is 11.0. The lowest BCUT2D eigenvalue weighted by Crippen LogP contribution is -2.32. The van der Waals surface area contributed by atoms with Crippen LogP contribution in [-0.4, -0.2) is 22.6 Å². The molecule has 0 bridgehead atoms. The number of hydrogen-bond acceptors (Lipinski definition) is 5. The van der Waals surface area contributed by atoms with Crippen molar-refractivity contribution in [2.75, 3.05) is 7.11 Å². The van der Waals surface area contributed by atoms with Gasteiger partial charge in [0, 0.05) is 13.7 Å². The van der Waals surface area contributed by atoms with E-state index in [1.54, 1.807) is 7.11 Å². The van der Waals surface area contributed by atoms with Gasteiger partial charge in [0.15, 0.2) is 0 Å². The van der Waals surface area contributed by atoms with Gasteiger partial charge in [-0.2, -0.15) is 0 Å². The summed E-state index contributed by atoms with van der Waals surface area (Å²) in [7, 11) is 1.65. The predicted molar refractivity (Wildman–Crippen MR) is 97.6 cm³/mol. The Morgan fingerprint density at radius 2 is 2.16 bits per heavy atom. The molecule has 0 aliphatic rings. The van der Waals surface area contributed by atoms with Crippen LogP contribution >= 0.6 is 11.3 Å². The number of thiophene rings is 1. The topological polar surface area (TPSA) is 73.2 Å². The highest BCUT2D eigenvalue weighted by Gasteiger charge is 2.11. The zero-order chi connectivity index (χ0) is 17.8. The van der Waals surface area contributed by atoms with E-state index in [9.17, 15) is 9.59 Å². The summed E-state index contributed by atoms with van der Waals surface area (Å²) in [6.07, 6.45) is 1.43. The number of benzene rings is 1. The standard InChI is InChI=1S/C18H19N3O3S/c1-12-10-25-17-16(12)18(23)21(11-20-17)8-15(22)19-7-13-4-3-5-14(6-13)9-24-2/h3-6,10-11H,7-9H2,1-2H3,(H,19,22). The number of fused-ring (bicyclic) bond motifs is 1. The predicted octanol–water partition coefficient (Wildman–Crippen LogP) is 2.23. The maximum absolute atomic E-state index is 12.5. The van der Waals surface area contributed by atoms with Crippen LogP contribution in [0.1, 0.15) is 16.7 Å². The molecule has 0 radical (unpaired) electrons. The van der Waals surface area contributed by atoms with Crippen molar-refractivity contribution in [3.05, 3.63) is 63.0 Å². The van der Waals surface area contributed by atoms with E-state index in [1.165, 1.54) is 22.2 Å². The number of rotatable bonds is 6. The van der Waals surface area contributed by atoms with Crippen LogP contribution in [0.15, 0.2) is 40.8 Å². The number of amides is 1. The maximum Gasteiger partial charge on any atom is 0.262 e. The minimum atomic E-state index is -0.228. The summed E-state index contributed by atoms with van der Waals surface area (Å²) < 4.78 is 6.45. The number of aromatic nitrogens is 2. The third-order valence-electron chi connectivity index (χ3n) is 3.85. The zero-order valence-corrected chi connectivity index (χ0v) is 14.9. The molecule has 3 aromatic rings. The molecule has 0 unspecified atom stereocenters. The summed E-state index contributed by atoms with van der Waals surface area (Å²) in [5, 5.41) is 5.33. The molecule has 3 rings (SSSR count). The van der Waals surface area contributed by atoms with E-state index in [1.807, 2.05) is 36.6 Å². The van der Waals surface area contributed by atoms with Crippen molar-refractivity contribution >= 4 is 27.5 Å². The van der Waals surface area contributed by atoms with Gasteiger partial charge in [0.1, 0.15) is 11.4 Å². The molecule has 0 saturated carbocycles. The van der Waals surface area contributed by atoms with E-state index in [-0.39, 0.29) is 18.0 Å². The lowest BCUT2D eigenvalue weighted by atomic mass is 10.1. The second-order valence-corrected chi connectivity index (χ2v) is 6.66. The number of aryl methyl sites for hydroxylation is 1. The van der Waals surface area contributed by atoms with Crippen molar-refractivity contribution in [1.82, 2.24) is 14.9 Å². The fraction of sp³-hybridized carbons (Fsp3) is 0.278. The monoisotopic (exact) mass is 357 g/mol. The van der Waals surface area contributed by atoms with Crippen LogP contribution < -0.4 is 10.9 Å². The van der Waals surface area contributed by atoms with Gasteiger partial charge >= 0.3 is 0 Å². The molecule has 0 atom stereocenters. The molecule has 0 saturated heterocycles. The highest BCUT2D eigenvalue weighted by atomic mass is 32.1. The average Bonchev–Trinajstić information content (AvgIpc) is 2.98. The SMILES string of the molecule is COCc1cccc(CNC(=O)Cn2cnc3scc(C)c3c2=O)c1. The summed E-state index contributed by atoms with van der Waals surface area (Å²) in [5.41, 5.74) is 2.74. The Hall–Kier alpha value is -2.51. The number of carbonyl (C=O) groups excluding carboxylic acids is 1. The molecule has 25 heavy (non-hydrogen) atoms. The fourth-order valence-electron chi connectivity index (χ4n) is 2.62. The largest absolute Gasteiger partial charge is 0.380 e. The lowest BCUT2D eigenvalue weighted by molar-refractivity contribution is -0.121.